The van der Waals surface area contributed by atoms with E-state index < -0.39 is 50.2 Å². The van der Waals surface area contributed by atoms with Crippen LogP contribution in [0.15, 0.2) is 48.5 Å². The lowest BCUT2D eigenvalue weighted by molar-refractivity contribution is -0.384. The number of nitrogens with one attached hydrogen (secondary N) is 1. The molecule has 1 aromatic heterocycles. The maximum absolute atomic E-state index is 13.5. The fourth-order valence-electron chi connectivity index (χ4n) is 6.03. The molecule has 270 valence electrons. The minimum absolute atomic E-state index is 0.0131. The van der Waals surface area contributed by atoms with E-state index in [2.05, 4.69) is 5.32 Å². The van der Waals surface area contributed by atoms with Crippen LogP contribution < -0.4 is 10.1 Å². The van der Waals surface area contributed by atoms with Gasteiger partial charge < -0.3 is 19.5 Å². The maximum Gasteiger partial charge on any atom is 0.352 e. The standard InChI is InChI=1S/C35H42ClN3O9S2/c1-33(2,3)47-27(40)20-46-29-28(36)30(49-31(29)32(41)48-34(4,5)6)23-10-8-11-24(18-23)37-25-13-16-38(35(19-25)14-15-35)50(44,45)21-22-9-7-12-26(17-22)39(42)43/h7-12,17-18,25,37H,13-16,19-21H2,1-6H3. The van der Waals surface area contributed by atoms with Gasteiger partial charge in [0.2, 0.25) is 10.0 Å². The first-order chi connectivity index (χ1) is 23.3. The number of nitro benzene ring substituents is 1. The van der Waals surface area contributed by atoms with Crippen LogP contribution in [-0.2, 0) is 30.0 Å². The van der Waals surface area contributed by atoms with Crippen molar-refractivity contribution in [3.05, 3.63) is 74.1 Å². The Balaban J connectivity index is 1.32. The van der Waals surface area contributed by atoms with E-state index in [0.717, 1.165) is 29.9 Å². The molecule has 12 nitrogen and oxygen atoms in total. The molecule has 2 heterocycles. The van der Waals surface area contributed by atoms with Crippen LogP contribution in [0.5, 0.6) is 5.75 Å². The van der Waals surface area contributed by atoms with E-state index in [4.69, 9.17) is 25.8 Å². The van der Waals surface area contributed by atoms with Crippen molar-refractivity contribution in [2.75, 3.05) is 18.5 Å². The van der Waals surface area contributed by atoms with E-state index in [1.54, 1.807) is 51.9 Å². The molecule has 0 bridgehead atoms. The summed E-state index contributed by atoms with van der Waals surface area (Å²) < 4.78 is 45.4. The number of thiophene rings is 1. The van der Waals surface area contributed by atoms with Crippen LogP contribution in [0.2, 0.25) is 5.02 Å². The Bertz CT molecular complexity index is 1890. The number of anilines is 1. The normalized spacial score (nSPS) is 17.6. The molecule has 5 rings (SSSR count). The van der Waals surface area contributed by atoms with Crippen LogP contribution in [0, 0.1) is 10.1 Å². The molecule has 50 heavy (non-hydrogen) atoms. The molecule has 0 radical (unpaired) electrons. The van der Waals surface area contributed by atoms with Gasteiger partial charge in [0.05, 0.1) is 15.6 Å². The van der Waals surface area contributed by atoms with Gasteiger partial charge in [-0.2, -0.15) is 4.31 Å². The van der Waals surface area contributed by atoms with E-state index in [-0.39, 0.29) is 33.1 Å². The van der Waals surface area contributed by atoms with Crippen molar-refractivity contribution in [1.82, 2.24) is 4.31 Å². The minimum Gasteiger partial charge on any atom is -0.479 e. The first kappa shape index (κ1) is 37.5. The minimum atomic E-state index is -3.72. The molecule has 2 aromatic carbocycles. The number of ether oxygens (including phenoxy) is 3. The predicted molar refractivity (Wildman–Crippen MR) is 192 cm³/mol. The molecule has 1 spiro atoms. The van der Waals surface area contributed by atoms with Crippen LogP contribution >= 0.6 is 22.9 Å². The van der Waals surface area contributed by atoms with Crippen LogP contribution in [0.1, 0.15) is 82.5 Å². The quantitative estimate of drug-likeness (QED) is 0.118. The molecular weight excluding hydrogens is 706 g/mol. The molecule has 1 N–H and O–H groups in total. The lowest BCUT2D eigenvalue weighted by Gasteiger charge is -2.39. The van der Waals surface area contributed by atoms with E-state index >= 15 is 0 Å². The third-order valence-corrected chi connectivity index (χ3v) is 11.7. The SMILES string of the molecule is CC(C)(C)OC(=O)COc1c(C(=O)OC(C)(C)C)sc(-c2cccc(NC3CCN(S(=O)(=O)Cc4cccc([N+](=O)[O-])c4)C4(CC4)C3)c2)c1Cl. The molecule has 1 saturated heterocycles. The number of non-ortho nitro benzene ring substituents is 1. The van der Waals surface area contributed by atoms with Gasteiger partial charge in [0.25, 0.3) is 5.69 Å². The zero-order valence-corrected chi connectivity index (χ0v) is 31.3. The molecule has 1 saturated carbocycles. The average molecular weight is 748 g/mol. The van der Waals surface area contributed by atoms with E-state index in [9.17, 15) is 28.1 Å². The van der Waals surface area contributed by atoms with E-state index in [1.165, 1.54) is 18.2 Å². The molecule has 1 aliphatic heterocycles. The average Bonchev–Trinajstić information content (AvgIpc) is 3.65. The van der Waals surface area contributed by atoms with Crippen LogP contribution in [0.4, 0.5) is 11.4 Å². The summed E-state index contributed by atoms with van der Waals surface area (Å²) in [7, 11) is -3.72. The summed E-state index contributed by atoms with van der Waals surface area (Å²) in [5, 5.41) is 14.9. The van der Waals surface area contributed by atoms with Gasteiger partial charge in [-0.15, -0.1) is 11.3 Å². The number of sulfonamides is 1. The highest BCUT2D eigenvalue weighted by Crippen LogP contribution is 2.51. The van der Waals surface area contributed by atoms with Crippen molar-refractivity contribution in [2.45, 2.75) is 95.8 Å². The Hall–Kier alpha value is -3.72. The van der Waals surface area contributed by atoms with Gasteiger partial charge in [-0.25, -0.2) is 18.0 Å². The summed E-state index contributed by atoms with van der Waals surface area (Å²) in [5.74, 6) is -1.50. The van der Waals surface area contributed by atoms with Gasteiger partial charge in [-0.3, -0.25) is 10.1 Å². The summed E-state index contributed by atoms with van der Waals surface area (Å²) in [6, 6.07) is 13.3. The van der Waals surface area contributed by atoms with Gasteiger partial charge >= 0.3 is 11.9 Å². The number of benzene rings is 2. The number of rotatable bonds is 11. The summed E-state index contributed by atoms with van der Waals surface area (Å²) in [4.78, 5) is 37.0. The second-order valence-corrected chi connectivity index (χ2v) is 18.0. The Labute approximate surface area is 301 Å². The zero-order chi connectivity index (χ0) is 36.6. The number of hydrogen-bond donors (Lipinski definition) is 1. The fourth-order valence-corrected chi connectivity index (χ4v) is 9.46. The van der Waals surface area contributed by atoms with Crippen molar-refractivity contribution >= 4 is 56.3 Å². The lowest BCUT2D eigenvalue weighted by atomic mass is 9.97. The Morgan fingerprint density at radius 1 is 1.06 bits per heavy atom. The number of carbonyl (C=O) groups excluding carboxylic acids is 2. The number of halogens is 1. The topological polar surface area (TPSA) is 154 Å². The predicted octanol–water partition coefficient (Wildman–Crippen LogP) is 7.59. The molecular formula is C35H42ClN3O9S2. The Kier molecular flexibility index (Phi) is 10.6. The molecule has 1 aliphatic carbocycles. The van der Waals surface area contributed by atoms with Crippen molar-refractivity contribution in [3.8, 4) is 16.2 Å². The van der Waals surface area contributed by atoms with E-state index in [1.807, 2.05) is 24.3 Å². The highest BCUT2D eigenvalue weighted by atomic mass is 35.5. The fraction of sp³-hybridized carbons (Fsp3) is 0.486. The number of esters is 2. The van der Waals surface area contributed by atoms with Crippen molar-refractivity contribution in [3.63, 3.8) is 0 Å². The smallest absolute Gasteiger partial charge is 0.352 e. The van der Waals surface area contributed by atoms with Crippen LogP contribution in [0.25, 0.3) is 10.4 Å². The molecule has 2 fully saturated rings. The summed E-state index contributed by atoms with van der Waals surface area (Å²) >= 11 is 7.94. The first-order valence-corrected chi connectivity index (χ1v) is 19.1. The molecule has 3 aromatic rings. The Morgan fingerprint density at radius 2 is 1.74 bits per heavy atom. The Morgan fingerprint density at radius 3 is 2.38 bits per heavy atom. The summed E-state index contributed by atoms with van der Waals surface area (Å²) in [6.45, 7) is 10.3. The molecule has 1 atom stereocenters. The number of hydrogen-bond acceptors (Lipinski definition) is 11. The maximum atomic E-state index is 13.5. The molecule has 15 heteroatoms. The summed E-state index contributed by atoms with van der Waals surface area (Å²) in [6.07, 6.45) is 2.65. The number of nitrogens with zero attached hydrogens (tertiary/aromatic N) is 2. The highest BCUT2D eigenvalue weighted by Gasteiger charge is 2.55. The van der Waals surface area contributed by atoms with Gasteiger partial charge in [-0.1, -0.05) is 35.9 Å². The molecule has 2 aliphatic rings. The highest BCUT2D eigenvalue weighted by molar-refractivity contribution is 7.88. The second-order valence-electron chi connectivity index (χ2n) is 14.7. The first-order valence-electron chi connectivity index (χ1n) is 16.3. The van der Waals surface area contributed by atoms with Gasteiger partial charge in [0.15, 0.2) is 17.2 Å². The van der Waals surface area contributed by atoms with Crippen molar-refractivity contribution < 1.29 is 37.1 Å². The van der Waals surface area contributed by atoms with Crippen molar-refractivity contribution in [2.24, 2.45) is 0 Å². The number of nitro groups is 1. The lowest BCUT2D eigenvalue weighted by Crippen LogP contribution is -2.51. The summed E-state index contributed by atoms with van der Waals surface area (Å²) in [5.41, 5.74) is -0.256. The van der Waals surface area contributed by atoms with Crippen molar-refractivity contribution in [1.29, 1.82) is 0 Å². The van der Waals surface area contributed by atoms with E-state index in [0.29, 0.717) is 35.4 Å². The van der Waals surface area contributed by atoms with Gasteiger partial charge in [-0.05, 0) is 90.5 Å². The largest absolute Gasteiger partial charge is 0.479 e. The van der Waals surface area contributed by atoms with Crippen LogP contribution in [-0.4, -0.2) is 65.5 Å². The van der Waals surface area contributed by atoms with Gasteiger partial charge in [0.1, 0.15) is 16.2 Å². The zero-order valence-electron chi connectivity index (χ0n) is 28.9. The molecule has 1 unspecified atom stereocenters. The van der Waals surface area contributed by atoms with Crippen LogP contribution in [0.3, 0.4) is 0 Å². The monoisotopic (exact) mass is 747 g/mol. The molecule has 0 amide bonds. The van der Waals surface area contributed by atoms with Gasteiger partial charge in [0, 0.05) is 35.9 Å². The number of piperidine rings is 1. The second kappa shape index (κ2) is 14.1. The third-order valence-electron chi connectivity index (χ3n) is 8.11. The third kappa shape index (κ3) is 9.14. The number of carbonyl (C=O) groups is 2.